The van der Waals surface area contributed by atoms with Gasteiger partial charge >= 0.3 is 159 Å². The molecule has 1 radical (unpaired) electrons. The third-order valence-electron chi connectivity index (χ3n) is 11.8. The fraction of sp³-hybridized carbons (Fsp3) is 0.723. The maximum absolute atomic E-state index is 14.1. The predicted octanol–water partition coefficient (Wildman–Crippen LogP) is 8.27. The Balaban J connectivity index is 1.82. The number of thioether (sulfide) groups is 1. The number of nitrogens with zero attached hydrogens (tertiary/aromatic N) is 2. The van der Waals surface area contributed by atoms with Crippen molar-refractivity contribution in [1.29, 1.82) is 0 Å². The molecule has 1 aliphatic heterocycles. The van der Waals surface area contributed by atoms with Crippen molar-refractivity contribution in [3.8, 4) is 0 Å². The smallest absolute Gasteiger partial charge is 0.461 e. The maximum atomic E-state index is 14.1. The quantitative estimate of drug-likeness (QED) is 0.0293. The predicted molar refractivity (Wildman–Crippen MR) is 248 cm³/mol. The Labute approximate surface area is 363 Å². The van der Waals surface area contributed by atoms with Gasteiger partial charge in [0.2, 0.25) is 12.3 Å². The topological polar surface area (TPSA) is 134 Å². The van der Waals surface area contributed by atoms with Gasteiger partial charge in [0, 0.05) is 30.4 Å². The molecular weight excluding hydrogens is 757 g/mol. The molecule has 0 bridgehead atoms. The molecule has 0 aromatic heterocycles. The number of benzene rings is 1. The number of imide groups is 1. The van der Waals surface area contributed by atoms with Crippen LogP contribution in [0.4, 0.5) is 5.69 Å². The summed E-state index contributed by atoms with van der Waals surface area (Å²) >= 11 is 1.76. The summed E-state index contributed by atoms with van der Waals surface area (Å²) in [5.74, 6) is 1.15. The second-order valence-corrected chi connectivity index (χ2v) is 19.0. The summed E-state index contributed by atoms with van der Waals surface area (Å²) in [4.78, 5) is 54.4. The summed E-state index contributed by atoms with van der Waals surface area (Å²) in [5.41, 5.74) is 9.23. The van der Waals surface area contributed by atoms with Gasteiger partial charge in [0.05, 0.1) is 12.0 Å². The number of amides is 3. The summed E-state index contributed by atoms with van der Waals surface area (Å²) in [6.07, 6.45) is 12.3. The third kappa shape index (κ3) is 19.5. The zero-order valence-corrected chi connectivity index (χ0v) is 38.8. The zero-order valence-electron chi connectivity index (χ0n) is 37.9. The normalized spacial score (nSPS) is 17.1. The monoisotopic (exact) mass is 837 g/mol. The van der Waals surface area contributed by atoms with Gasteiger partial charge in [0.25, 0.3) is 0 Å². The molecular formula is C47H79BN5O5S. The average Bonchev–Trinajstić information content (AvgIpc) is 3.70. The fourth-order valence-electron chi connectivity index (χ4n) is 7.91. The molecule has 12 heteroatoms. The number of nitrogens with one attached hydrogen (secondary N) is 2. The third-order valence-corrected chi connectivity index (χ3v) is 13.2. The van der Waals surface area contributed by atoms with E-state index in [2.05, 4.69) is 51.8 Å². The molecule has 0 aliphatic carbocycles. The van der Waals surface area contributed by atoms with Gasteiger partial charge in [-0.1, -0.05) is 65.7 Å². The average molecular weight is 837 g/mol. The molecule has 1 aromatic rings. The van der Waals surface area contributed by atoms with Crippen LogP contribution in [0.5, 0.6) is 0 Å². The van der Waals surface area contributed by atoms with Crippen molar-refractivity contribution in [2.45, 2.75) is 169 Å². The van der Waals surface area contributed by atoms with Crippen LogP contribution in [0.2, 0.25) is 0 Å². The van der Waals surface area contributed by atoms with Crippen molar-refractivity contribution < 1.29 is 23.9 Å². The second-order valence-electron chi connectivity index (χ2n) is 17.5. The summed E-state index contributed by atoms with van der Waals surface area (Å²) in [7, 11) is 6.11. The molecule has 7 unspecified atom stereocenters. The Morgan fingerprint density at radius 3 is 2.32 bits per heavy atom. The number of rotatable bonds is 31. The molecule has 3 amide bonds. The summed E-state index contributed by atoms with van der Waals surface area (Å²) < 4.78 is 5.35. The summed E-state index contributed by atoms with van der Waals surface area (Å²) in [6.45, 7) is 22.8. The van der Waals surface area contributed by atoms with Crippen molar-refractivity contribution >= 4 is 54.6 Å². The van der Waals surface area contributed by atoms with Crippen LogP contribution in [0.15, 0.2) is 36.5 Å². The first-order valence-corrected chi connectivity index (χ1v) is 23.6. The van der Waals surface area contributed by atoms with Gasteiger partial charge in [0.15, 0.2) is 0 Å². The Hall–Kier alpha value is -2.96. The van der Waals surface area contributed by atoms with Crippen molar-refractivity contribution in [2.24, 2.45) is 29.4 Å². The van der Waals surface area contributed by atoms with E-state index >= 15 is 0 Å². The number of unbranched alkanes of at least 4 members (excludes halogenated alkanes) is 4. The van der Waals surface area contributed by atoms with E-state index in [4.69, 9.17) is 18.0 Å². The van der Waals surface area contributed by atoms with E-state index in [1.165, 1.54) is 4.90 Å². The van der Waals surface area contributed by atoms with Crippen LogP contribution < -0.4 is 16.4 Å². The molecule has 0 saturated carbocycles. The van der Waals surface area contributed by atoms with Crippen LogP contribution in [-0.2, 0) is 30.5 Å². The van der Waals surface area contributed by atoms with Crippen LogP contribution >= 0.6 is 11.8 Å². The molecule has 0 spiro atoms. The van der Waals surface area contributed by atoms with Gasteiger partial charge < -0.3 is 15.0 Å². The van der Waals surface area contributed by atoms with Gasteiger partial charge in [-0.3, -0.25) is 14.4 Å². The first kappa shape index (κ1) is 52.2. The molecule has 1 saturated heterocycles. The number of anilines is 1. The van der Waals surface area contributed by atoms with Crippen molar-refractivity contribution in [1.82, 2.24) is 15.1 Å². The van der Waals surface area contributed by atoms with Crippen LogP contribution in [0.1, 0.15) is 144 Å². The van der Waals surface area contributed by atoms with Crippen LogP contribution in [0, 0.1) is 23.7 Å². The standard InChI is InChI=1S/C47H79BN5O5S/c1-10-34(4)43(46(56)53-27-17-20-44(53)39(9)51-42-23-21-40(22-24-42)30-58-47(57)33(2)3)19-14-12-16-26-52(32-54)45(55)29-37(7)59-31-36(6)50-38(8)41(28-35(5)48)18-13-11-15-25-49/h21-24,32-34,36-38,41,43-44,50-51H,9-20,25-31,49H2,1-8H3. The van der Waals surface area contributed by atoms with Gasteiger partial charge in [-0.05, 0) is 49.3 Å². The minimum Gasteiger partial charge on any atom is -0.461 e. The molecule has 7 atom stereocenters. The number of hydrogen-bond acceptors (Lipinski definition) is 9. The van der Waals surface area contributed by atoms with Crippen molar-refractivity contribution in [3.63, 3.8) is 0 Å². The molecule has 1 aromatic carbocycles. The number of likely N-dealkylation sites (tertiary alicyclic amines) is 1. The molecule has 331 valence electrons. The fourth-order valence-corrected chi connectivity index (χ4v) is 8.88. The van der Waals surface area contributed by atoms with E-state index in [0.717, 1.165) is 105 Å². The molecule has 10 nitrogen and oxygen atoms in total. The van der Waals surface area contributed by atoms with E-state index in [0.29, 0.717) is 44.3 Å². The van der Waals surface area contributed by atoms with Gasteiger partial charge in [-0.25, -0.2) is 0 Å². The SMILES string of the molecule is [B]=C(C)CC(CCCCCN)C(C)NC(C)CSC(C)CC(=O)N(C=O)CCCCCC(C(=O)N1CCCC1C(=C)Nc1ccc(COC(=O)C(C)C)cc1)C(C)CC. The molecule has 1 fully saturated rings. The van der Waals surface area contributed by atoms with E-state index < -0.39 is 0 Å². The Morgan fingerprint density at radius 1 is 1.02 bits per heavy atom. The first-order valence-electron chi connectivity index (χ1n) is 22.5. The molecule has 4 N–H and O–H groups in total. The summed E-state index contributed by atoms with van der Waals surface area (Å²) in [6, 6.07) is 8.26. The van der Waals surface area contributed by atoms with E-state index in [9.17, 15) is 19.2 Å². The number of esters is 1. The minimum atomic E-state index is -0.221. The minimum absolute atomic E-state index is 0.0880. The molecule has 2 rings (SSSR count). The molecule has 1 aliphatic rings. The van der Waals surface area contributed by atoms with E-state index in [-0.39, 0.29) is 59.5 Å². The number of carbonyl (C=O) groups is 4. The van der Waals surface area contributed by atoms with E-state index in [1.807, 2.05) is 49.9 Å². The number of hydrogen-bond donors (Lipinski definition) is 3. The number of nitrogens with two attached hydrogens (primary N) is 1. The number of ether oxygens (including phenoxy) is 1. The van der Waals surface area contributed by atoms with Crippen LogP contribution in [0.25, 0.3) is 0 Å². The Morgan fingerprint density at radius 2 is 1.69 bits per heavy atom. The van der Waals surface area contributed by atoms with Gasteiger partial charge in [0.1, 0.15) is 6.61 Å². The van der Waals surface area contributed by atoms with Crippen molar-refractivity contribution in [3.05, 3.63) is 42.1 Å². The van der Waals surface area contributed by atoms with Gasteiger partial charge in [-0.15, -0.1) is 0 Å². The van der Waals surface area contributed by atoms with Crippen molar-refractivity contribution in [2.75, 3.05) is 30.7 Å². The van der Waals surface area contributed by atoms with E-state index in [1.54, 1.807) is 11.8 Å². The molecule has 59 heavy (non-hydrogen) atoms. The summed E-state index contributed by atoms with van der Waals surface area (Å²) in [5, 5.41) is 7.28. The molecule has 1 heterocycles. The van der Waals surface area contributed by atoms with Gasteiger partial charge in [-0.2, -0.15) is 0 Å². The Kier molecular flexibility index (Phi) is 25.3. The van der Waals surface area contributed by atoms with Crippen LogP contribution in [0.3, 0.4) is 0 Å². The first-order chi connectivity index (χ1) is 28.1. The zero-order chi connectivity index (χ0) is 43.9. The van der Waals surface area contributed by atoms with Crippen LogP contribution in [-0.4, -0.2) is 95.7 Å². The number of carbonyl (C=O) groups excluding carboxylic acids is 4. The second kappa shape index (κ2) is 28.5. The Bertz CT molecular complexity index is 1440.